The van der Waals surface area contributed by atoms with Crippen LogP contribution < -0.4 is 10.0 Å². The van der Waals surface area contributed by atoms with Gasteiger partial charge >= 0.3 is 0 Å². The Morgan fingerprint density at radius 1 is 1.12 bits per heavy atom. The number of pyridine rings is 1. The number of rotatable bonds is 8. The smallest absolute Gasteiger partial charge is 0.213 e. The minimum Gasteiger partial charge on any atom is -0.312 e. The number of hydrogen-bond donors (Lipinski definition) is 2. The van der Waals surface area contributed by atoms with Gasteiger partial charge in [-0.25, -0.2) is 18.1 Å². The Balaban J connectivity index is 1.48. The van der Waals surface area contributed by atoms with E-state index in [0.29, 0.717) is 19.6 Å². The average molecular weight is 373 g/mol. The molecule has 0 unspecified atom stereocenters. The lowest BCUT2D eigenvalue weighted by Crippen LogP contribution is -2.31. The normalized spacial score (nSPS) is 11.9. The number of hydrogen-bond acceptors (Lipinski definition) is 5. The number of nitrogens with one attached hydrogen (secondary N) is 2. The molecule has 8 heteroatoms. The third-order valence-corrected chi connectivity index (χ3v) is 5.46. The van der Waals surface area contributed by atoms with Crippen LogP contribution in [-0.2, 0) is 30.2 Å². The van der Waals surface area contributed by atoms with Gasteiger partial charge in [0.2, 0.25) is 10.0 Å². The van der Waals surface area contributed by atoms with E-state index in [2.05, 4.69) is 20.1 Å². The summed E-state index contributed by atoms with van der Waals surface area (Å²) in [5.74, 6) is 0.0292. The molecule has 7 nitrogen and oxygen atoms in total. The summed E-state index contributed by atoms with van der Waals surface area (Å²) in [5.41, 5.74) is 3.72. The Labute approximate surface area is 153 Å². The minimum atomic E-state index is -3.31. The Hall–Kier alpha value is -2.29. The predicted molar refractivity (Wildman–Crippen MR) is 102 cm³/mol. The highest BCUT2D eigenvalue weighted by atomic mass is 32.2. The fourth-order valence-corrected chi connectivity index (χ4v) is 3.69. The summed E-state index contributed by atoms with van der Waals surface area (Å²) in [6, 6.07) is 11.5. The zero-order chi connectivity index (χ0) is 18.6. The van der Waals surface area contributed by atoms with Gasteiger partial charge in [-0.2, -0.15) is 5.10 Å². The highest BCUT2D eigenvalue weighted by Crippen LogP contribution is 2.16. The van der Waals surface area contributed by atoms with Crippen LogP contribution in [0.4, 0.5) is 0 Å². The first kappa shape index (κ1) is 18.5. The van der Waals surface area contributed by atoms with Crippen molar-refractivity contribution in [3.63, 3.8) is 0 Å². The molecule has 2 aromatic heterocycles. The van der Waals surface area contributed by atoms with Crippen molar-refractivity contribution in [2.75, 3.05) is 12.3 Å². The van der Waals surface area contributed by atoms with E-state index >= 15 is 0 Å². The van der Waals surface area contributed by atoms with Crippen LogP contribution in [-0.4, -0.2) is 35.5 Å². The van der Waals surface area contributed by atoms with Gasteiger partial charge in [0.25, 0.3) is 0 Å². The number of aryl methyl sites for hydroxylation is 2. The van der Waals surface area contributed by atoms with E-state index < -0.39 is 10.0 Å². The number of fused-ring (bicyclic) bond motifs is 1. The fourth-order valence-electron chi connectivity index (χ4n) is 2.75. The molecule has 0 radical (unpaired) electrons. The average Bonchev–Trinajstić information content (AvgIpc) is 2.92. The van der Waals surface area contributed by atoms with Crippen molar-refractivity contribution < 1.29 is 8.42 Å². The summed E-state index contributed by atoms with van der Waals surface area (Å²) < 4.78 is 28.5. The number of sulfonamides is 1. The van der Waals surface area contributed by atoms with Gasteiger partial charge in [-0.05, 0) is 24.1 Å². The molecule has 0 saturated heterocycles. The summed E-state index contributed by atoms with van der Waals surface area (Å²) in [4.78, 5) is 4.42. The fraction of sp³-hybridized carbons (Fsp3) is 0.333. The van der Waals surface area contributed by atoms with Gasteiger partial charge in [0, 0.05) is 38.3 Å². The first-order valence-electron chi connectivity index (χ1n) is 8.45. The molecule has 0 aliphatic rings. The Morgan fingerprint density at radius 3 is 2.65 bits per heavy atom. The van der Waals surface area contributed by atoms with Crippen molar-refractivity contribution in [2.45, 2.75) is 20.0 Å². The van der Waals surface area contributed by atoms with E-state index in [-0.39, 0.29) is 5.75 Å². The molecule has 3 rings (SSSR count). The predicted octanol–water partition coefficient (Wildman–Crippen LogP) is 1.49. The zero-order valence-electron chi connectivity index (χ0n) is 14.9. The molecule has 1 aromatic carbocycles. The van der Waals surface area contributed by atoms with Crippen molar-refractivity contribution in [3.05, 3.63) is 59.4 Å². The van der Waals surface area contributed by atoms with Gasteiger partial charge in [0.05, 0.1) is 11.4 Å². The van der Waals surface area contributed by atoms with Crippen molar-refractivity contribution >= 4 is 21.1 Å². The summed E-state index contributed by atoms with van der Waals surface area (Å²) in [7, 11) is -1.45. The third-order valence-electron chi connectivity index (χ3n) is 4.14. The molecule has 2 heterocycles. The highest BCUT2D eigenvalue weighted by Gasteiger charge is 2.10. The van der Waals surface area contributed by atoms with Crippen LogP contribution in [0.5, 0.6) is 0 Å². The SMILES string of the molecule is Cc1nn(C)c2ncc(CNCCS(=O)(=O)NCc3ccccc3)cc12. The molecule has 0 fully saturated rings. The third kappa shape index (κ3) is 4.66. The van der Waals surface area contributed by atoms with Crippen LogP contribution in [0.15, 0.2) is 42.6 Å². The maximum Gasteiger partial charge on any atom is 0.213 e. The van der Waals surface area contributed by atoms with Crippen LogP contribution in [0.3, 0.4) is 0 Å². The molecule has 0 atom stereocenters. The summed E-state index contributed by atoms with van der Waals surface area (Å²) in [5, 5.41) is 8.53. The molecule has 3 aromatic rings. The first-order chi connectivity index (χ1) is 12.4. The molecule has 0 saturated carbocycles. The molecule has 0 bridgehead atoms. The Morgan fingerprint density at radius 2 is 1.88 bits per heavy atom. The van der Waals surface area contributed by atoms with Gasteiger partial charge in [-0.15, -0.1) is 0 Å². The molecule has 138 valence electrons. The molecule has 0 spiro atoms. The lowest BCUT2D eigenvalue weighted by molar-refractivity contribution is 0.576. The topological polar surface area (TPSA) is 88.9 Å². The number of nitrogens with zero attached hydrogens (tertiary/aromatic N) is 3. The van der Waals surface area contributed by atoms with Gasteiger partial charge in [0.15, 0.2) is 5.65 Å². The second-order valence-electron chi connectivity index (χ2n) is 6.23. The quantitative estimate of drug-likeness (QED) is 0.584. The van der Waals surface area contributed by atoms with Crippen LogP contribution in [0.25, 0.3) is 11.0 Å². The number of aromatic nitrogens is 3. The van der Waals surface area contributed by atoms with E-state index in [1.807, 2.05) is 50.4 Å². The zero-order valence-corrected chi connectivity index (χ0v) is 15.8. The van der Waals surface area contributed by atoms with E-state index in [0.717, 1.165) is 27.9 Å². The van der Waals surface area contributed by atoms with Gasteiger partial charge in [-0.1, -0.05) is 30.3 Å². The molecule has 2 N–H and O–H groups in total. The van der Waals surface area contributed by atoms with Gasteiger partial charge < -0.3 is 5.32 Å². The van der Waals surface area contributed by atoms with Gasteiger partial charge in [-0.3, -0.25) is 4.68 Å². The standard InChI is InChI=1S/C18H23N5O2S/c1-14-17-10-16(12-20-18(17)23(2)22-14)11-19-8-9-26(24,25)21-13-15-6-4-3-5-7-15/h3-7,10,12,19,21H,8-9,11,13H2,1-2H3. The van der Waals surface area contributed by atoms with Crippen LogP contribution in [0.2, 0.25) is 0 Å². The molecular formula is C18H23N5O2S. The molecular weight excluding hydrogens is 350 g/mol. The van der Waals surface area contributed by atoms with Crippen LogP contribution in [0, 0.1) is 6.92 Å². The molecule has 0 amide bonds. The van der Waals surface area contributed by atoms with Gasteiger partial charge in [0.1, 0.15) is 0 Å². The lowest BCUT2D eigenvalue weighted by Gasteiger charge is -2.08. The maximum absolute atomic E-state index is 12.1. The van der Waals surface area contributed by atoms with Crippen molar-refractivity contribution in [1.29, 1.82) is 0 Å². The van der Waals surface area contributed by atoms with Crippen molar-refractivity contribution in [3.8, 4) is 0 Å². The number of benzene rings is 1. The molecule has 26 heavy (non-hydrogen) atoms. The van der Waals surface area contributed by atoms with Crippen LogP contribution in [0.1, 0.15) is 16.8 Å². The van der Waals surface area contributed by atoms with Crippen LogP contribution >= 0.6 is 0 Å². The monoisotopic (exact) mass is 373 g/mol. The molecule has 0 aliphatic carbocycles. The molecule has 0 aliphatic heterocycles. The van der Waals surface area contributed by atoms with E-state index in [4.69, 9.17) is 0 Å². The van der Waals surface area contributed by atoms with E-state index in [1.165, 1.54) is 0 Å². The lowest BCUT2D eigenvalue weighted by atomic mass is 10.2. The Kier molecular flexibility index (Phi) is 5.65. The van der Waals surface area contributed by atoms with Crippen molar-refractivity contribution in [1.82, 2.24) is 24.8 Å². The summed E-state index contributed by atoms with van der Waals surface area (Å²) in [6.45, 7) is 3.19. The highest BCUT2D eigenvalue weighted by molar-refractivity contribution is 7.89. The Bertz CT molecular complexity index is 983. The van der Waals surface area contributed by atoms with E-state index in [9.17, 15) is 8.42 Å². The first-order valence-corrected chi connectivity index (χ1v) is 10.1. The second kappa shape index (κ2) is 7.94. The summed E-state index contributed by atoms with van der Waals surface area (Å²) >= 11 is 0. The largest absolute Gasteiger partial charge is 0.312 e. The summed E-state index contributed by atoms with van der Waals surface area (Å²) in [6.07, 6.45) is 1.79. The van der Waals surface area contributed by atoms with E-state index in [1.54, 1.807) is 10.9 Å². The van der Waals surface area contributed by atoms with Crippen molar-refractivity contribution in [2.24, 2.45) is 7.05 Å². The maximum atomic E-state index is 12.1. The minimum absolute atomic E-state index is 0.0292. The second-order valence-corrected chi connectivity index (χ2v) is 8.15.